The molecular formula is C12H19N3O2S. The van der Waals surface area contributed by atoms with Crippen LogP contribution in [0.25, 0.3) is 0 Å². The van der Waals surface area contributed by atoms with Gasteiger partial charge in [0.05, 0.1) is 5.69 Å². The van der Waals surface area contributed by atoms with Crippen LogP contribution in [0, 0.1) is 0 Å². The lowest BCUT2D eigenvalue weighted by Crippen LogP contribution is -2.44. The van der Waals surface area contributed by atoms with Gasteiger partial charge in [-0.2, -0.15) is 0 Å². The van der Waals surface area contributed by atoms with Gasteiger partial charge in [0, 0.05) is 18.6 Å². The van der Waals surface area contributed by atoms with E-state index >= 15 is 0 Å². The van der Waals surface area contributed by atoms with E-state index in [2.05, 4.69) is 10.0 Å². The van der Waals surface area contributed by atoms with Crippen LogP contribution in [0.3, 0.4) is 0 Å². The Morgan fingerprint density at radius 1 is 1.33 bits per heavy atom. The van der Waals surface area contributed by atoms with Crippen molar-refractivity contribution in [2.45, 2.75) is 36.7 Å². The molecule has 5 nitrogen and oxygen atoms in total. The standard InChI is InChI=1S/C12H19N3O2S/c1-2-14-18(16,17)12-6-4-3-5-11(12)15-10-7-9(13)8-10/h3-6,9-10,14-15H,2,7-8,13H2,1H3. The molecule has 1 fully saturated rings. The smallest absolute Gasteiger partial charge is 0.242 e. The average molecular weight is 269 g/mol. The van der Waals surface area contributed by atoms with Gasteiger partial charge in [-0.05, 0) is 25.0 Å². The van der Waals surface area contributed by atoms with E-state index in [-0.39, 0.29) is 12.1 Å². The van der Waals surface area contributed by atoms with Gasteiger partial charge in [0.2, 0.25) is 10.0 Å². The van der Waals surface area contributed by atoms with E-state index in [9.17, 15) is 8.42 Å². The molecule has 100 valence electrons. The minimum Gasteiger partial charge on any atom is -0.381 e. The van der Waals surface area contributed by atoms with Gasteiger partial charge in [-0.3, -0.25) is 0 Å². The van der Waals surface area contributed by atoms with Gasteiger partial charge in [0.1, 0.15) is 4.90 Å². The summed E-state index contributed by atoms with van der Waals surface area (Å²) in [6.45, 7) is 2.14. The number of hydrogen-bond donors (Lipinski definition) is 3. The van der Waals surface area contributed by atoms with Crippen LogP contribution in [0.4, 0.5) is 5.69 Å². The highest BCUT2D eigenvalue weighted by Gasteiger charge is 2.27. The molecule has 0 heterocycles. The molecule has 0 aromatic heterocycles. The fourth-order valence-electron chi connectivity index (χ4n) is 2.09. The minimum atomic E-state index is -3.43. The van der Waals surface area contributed by atoms with E-state index in [0.717, 1.165) is 12.8 Å². The van der Waals surface area contributed by atoms with Crippen molar-refractivity contribution in [1.29, 1.82) is 0 Å². The molecule has 0 radical (unpaired) electrons. The van der Waals surface area contributed by atoms with Crippen LogP contribution < -0.4 is 15.8 Å². The molecule has 0 amide bonds. The summed E-state index contributed by atoms with van der Waals surface area (Å²) < 4.78 is 26.6. The highest BCUT2D eigenvalue weighted by Crippen LogP contribution is 2.27. The summed E-state index contributed by atoms with van der Waals surface area (Å²) >= 11 is 0. The normalized spacial score (nSPS) is 23.4. The highest BCUT2D eigenvalue weighted by molar-refractivity contribution is 7.89. The van der Waals surface area contributed by atoms with Crippen LogP contribution in [-0.4, -0.2) is 27.0 Å². The molecule has 0 bridgehead atoms. The molecule has 1 aliphatic carbocycles. The Morgan fingerprint density at radius 3 is 2.61 bits per heavy atom. The molecule has 4 N–H and O–H groups in total. The molecule has 6 heteroatoms. The Balaban J connectivity index is 2.20. The Bertz CT molecular complexity index is 510. The maximum atomic E-state index is 12.0. The number of hydrogen-bond acceptors (Lipinski definition) is 4. The van der Waals surface area contributed by atoms with Crippen LogP contribution in [0.15, 0.2) is 29.2 Å². The Hall–Kier alpha value is -1.11. The molecule has 1 aliphatic rings. The number of para-hydroxylation sites is 1. The number of anilines is 1. The largest absolute Gasteiger partial charge is 0.381 e. The summed E-state index contributed by atoms with van der Waals surface area (Å²) in [5, 5.41) is 3.24. The third-order valence-corrected chi connectivity index (χ3v) is 4.65. The summed E-state index contributed by atoms with van der Waals surface area (Å²) in [4.78, 5) is 0.298. The van der Waals surface area contributed by atoms with Gasteiger partial charge in [0.15, 0.2) is 0 Å². The van der Waals surface area contributed by atoms with Crippen molar-refractivity contribution >= 4 is 15.7 Å². The molecule has 0 spiro atoms. The fourth-order valence-corrected chi connectivity index (χ4v) is 3.30. The molecule has 0 saturated heterocycles. The zero-order valence-corrected chi connectivity index (χ0v) is 11.2. The van der Waals surface area contributed by atoms with Crippen molar-refractivity contribution in [2.75, 3.05) is 11.9 Å². The topological polar surface area (TPSA) is 84.2 Å². The van der Waals surface area contributed by atoms with Crippen molar-refractivity contribution in [3.05, 3.63) is 24.3 Å². The summed E-state index contributed by atoms with van der Waals surface area (Å²) in [6.07, 6.45) is 1.77. The van der Waals surface area contributed by atoms with Crippen LogP contribution in [-0.2, 0) is 10.0 Å². The Kier molecular flexibility index (Phi) is 3.89. The van der Waals surface area contributed by atoms with Gasteiger partial charge in [-0.25, -0.2) is 13.1 Å². The number of rotatable bonds is 5. The van der Waals surface area contributed by atoms with E-state index in [1.54, 1.807) is 25.1 Å². The number of benzene rings is 1. The Morgan fingerprint density at radius 2 is 2.00 bits per heavy atom. The second-order valence-corrected chi connectivity index (χ2v) is 6.31. The predicted molar refractivity (Wildman–Crippen MR) is 71.9 cm³/mol. The van der Waals surface area contributed by atoms with E-state index < -0.39 is 10.0 Å². The van der Waals surface area contributed by atoms with E-state index in [4.69, 9.17) is 5.73 Å². The summed E-state index contributed by atoms with van der Waals surface area (Å²) in [7, 11) is -3.43. The first-order chi connectivity index (χ1) is 8.53. The quantitative estimate of drug-likeness (QED) is 0.741. The van der Waals surface area contributed by atoms with Gasteiger partial charge in [0.25, 0.3) is 0 Å². The minimum absolute atomic E-state index is 0.236. The van der Waals surface area contributed by atoms with E-state index in [1.165, 1.54) is 0 Å². The van der Waals surface area contributed by atoms with Crippen LogP contribution in [0.5, 0.6) is 0 Å². The van der Waals surface area contributed by atoms with E-state index in [0.29, 0.717) is 17.1 Å². The molecule has 2 rings (SSSR count). The van der Waals surface area contributed by atoms with Gasteiger partial charge in [-0.1, -0.05) is 19.1 Å². The molecule has 0 aliphatic heterocycles. The number of nitrogens with one attached hydrogen (secondary N) is 2. The number of nitrogens with two attached hydrogens (primary N) is 1. The molecule has 1 aromatic carbocycles. The third kappa shape index (κ3) is 2.82. The molecule has 1 saturated carbocycles. The van der Waals surface area contributed by atoms with Crippen LogP contribution in [0.2, 0.25) is 0 Å². The van der Waals surface area contributed by atoms with Gasteiger partial charge < -0.3 is 11.1 Å². The van der Waals surface area contributed by atoms with Crippen molar-refractivity contribution < 1.29 is 8.42 Å². The Labute approximate surface area is 108 Å². The first kappa shape index (κ1) is 13.3. The SMILES string of the molecule is CCNS(=O)(=O)c1ccccc1NC1CC(N)C1. The lowest BCUT2D eigenvalue weighted by atomic mass is 9.87. The first-order valence-corrected chi connectivity index (χ1v) is 7.62. The average Bonchev–Trinajstić information content (AvgIpc) is 2.27. The second kappa shape index (κ2) is 5.26. The fraction of sp³-hybridized carbons (Fsp3) is 0.500. The summed E-state index contributed by atoms with van der Waals surface area (Å²) in [6, 6.07) is 7.46. The van der Waals surface area contributed by atoms with Crippen molar-refractivity contribution in [3.8, 4) is 0 Å². The lowest BCUT2D eigenvalue weighted by Gasteiger charge is -2.34. The van der Waals surface area contributed by atoms with Crippen molar-refractivity contribution in [1.82, 2.24) is 4.72 Å². The summed E-state index contributed by atoms with van der Waals surface area (Å²) in [5.41, 5.74) is 6.37. The zero-order valence-electron chi connectivity index (χ0n) is 10.4. The van der Waals surface area contributed by atoms with Crippen LogP contribution >= 0.6 is 0 Å². The molecule has 1 aromatic rings. The first-order valence-electron chi connectivity index (χ1n) is 6.13. The van der Waals surface area contributed by atoms with Gasteiger partial charge >= 0.3 is 0 Å². The highest BCUT2D eigenvalue weighted by atomic mass is 32.2. The molecule has 18 heavy (non-hydrogen) atoms. The zero-order chi connectivity index (χ0) is 13.2. The second-order valence-electron chi connectivity index (χ2n) is 4.57. The molecular weight excluding hydrogens is 250 g/mol. The van der Waals surface area contributed by atoms with Crippen molar-refractivity contribution in [3.63, 3.8) is 0 Å². The maximum Gasteiger partial charge on any atom is 0.242 e. The van der Waals surface area contributed by atoms with E-state index in [1.807, 2.05) is 6.07 Å². The van der Waals surface area contributed by atoms with Gasteiger partial charge in [-0.15, -0.1) is 0 Å². The lowest BCUT2D eigenvalue weighted by molar-refractivity contribution is 0.373. The van der Waals surface area contributed by atoms with Crippen LogP contribution in [0.1, 0.15) is 19.8 Å². The molecule has 0 unspecified atom stereocenters. The predicted octanol–water partition coefficient (Wildman–Crippen LogP) is 0.886. The van der Waals surface area contributed by atoms with Crippen molar-refractivity contribution in [2.24, 2.45) is 5.73 Å². The third-order valence-electron chi connectivity index (χ3n) is 3.05. The maximum absolute atomic E-state index is 12.0. The number of sulfonamides is 1. The summed E-state index contributed by atoms with van der Waals surface area (Å²) in [5.74, 6) is 0. The monoisotopic (exact) mass is 269 g/mol. The molecule has 0 atom stereocenters.